The molecule has 11 nitrogen and oxygen atoms in total. The lowest BCUT2D eigenvalue weighted by molar-refractivity contribution is -0.142. The SMILES string of the molecule is CC(=O)Nc1nc(N(C(C)=O)C(C)=O)c(CC=O)c(=O)[nH]1.CCC(CC)C(=O)O. The van der Waals surface area contributed by atoms with Gasteiger partial charge in [0.25, 0.3) is 5.56 Å². The maximum atomic E-state index is 11.9. The minimum absolute atomic E-state index is 0.130. The van der Waals surface area contributed by atoms with Crippen LogP contribution in [-0.2, 0) is 30.4 Å². The number of aromatic nitrogens is 2. The molecule has 0 atom stereocenters. The molecule has 0 fully saturated rings. The van der Waals surface area contributed by atoms with Crippen LogP contribution in [0, 0.1) is 5.92 Å². The van der Waals surface area contributed by atoms with Crippen molar-refractivity contribution in [2.45, 2.75) is 53.9 Å². The summed E-state index contributed by atoms with van der Waals surface area (Å²) < 4.78 is 0. The lowest BCUT2D eigenvalue weighted by Crippen LogP contribution is -2.37. The normalized spacial score (nSPS) is 9.86. The minimum atomic E-state index is -0.719. The van der Waals surface area contributed by atoms with E-state index in [1.54, 1.807) is 0 Å². The van der Waals surface area contributed by atoms with Crippen LogP contribution in [0.25, 0.3) is 0 Å². The molecule has 3 N–H and O–H groups in total. The number of amides is 3. The average Bonchev–Trinajstić information content (AvgIpc) is 2.58. The number of aldehydes is 1. The molecular formula is C18H26N4O7. The third-order valence-corrected chi connectivity index (χ3v) is 3.75. The minimum Gasteiger partial charge on any atom is -0.481 e. The summed E-state index contributed by atoms with van der Waals surface area (Å²) in [5, 5.41) is 10.6. The van der Waals surface area contributed by atoms with Crippen molar-refractivity contribution in [3.8, 4) is 0 Å². The molecule has 1 heterocycles. The van der Waals surface area contributed by atoms with Crippen LogP contribution in [0.5, 0.6) is 0 Å². The van der Waals surface area contributed by atoms with E-state index < -0.39 is 29.3 Å². The smallest absolute Gasteiger partial charge is 0.306 e. The van der Waals surface area contributed by atoms with Crippen LogP contribution in [-0.4, -0.2) is 45.1 Å². The first-order chi connectivity index (χ1) is 13.5. The molecule has 3 amide bonds. The molecule has 1 aromatic rings. The molecule has 0 bridgehead atoms. The number of hydrogen-bond donors (Lipinski definition) is 3. The summed E-state index contributed by atoms with van der Waals surface area (Å²) in [6.45, 7) is 7.22. The number of nitrogens with zero attached hydrogens (tertiary/aromatic N) is 2. The number of nitrogens with one attached hydrogen (secondary N) is 2. The van der Waals surface area contributed by atoms with Crippen LogP contribution in [0.3, 0.4) is 0 Å². The largest absolute Gasteiger partial charge is 0.481 e. The summed E-state index contributed by atoms with van der Waals surface area (Å²) in [7, 11) is 0. The fraction of sp³-hybridized carbons (Fsp3) is 0.500. The highest BCUT2D eigenvalue weighted by Gasteiger charge is 2.24. The second kappa shape index (κ2) is 12.2. The summed E-state index contributed by atoms with van der Waals surface area (Å²) >= 11 is 0. The van der Waals surface area contributed by atoms with Crippen LogP contribution in [0.4, 0.5) is 11.8 Å². The molecule has 0 saturated carbocycles. The van der Waals surface area contributed by atoms with Gasteiger partial charge in [0.05, 0.1) is 11.5 Å². The Balaban J connectivity index is 0.000000828. The van der Waals surface area contributed by atoms with Crippen molar-refractivity contribution in [1.29, 1.82) is 0 Å². The van der Waals surface area contributed by atoms with Crippen molar-refractivity contribution in [1.82, 2.24) is 9.97 Å². The molecule has 160 valence electrons. The Labute approximate surface area is 167 Å². The molecule has 0 aliphatic heterocycles. The first-order valence-electron chi connectivity index (χ1n) is 8.88. The number of aliphatic carboxylic acids is 1. The number of rotatable bonds is 7. The van der Waals surface area contributed by atoms with Crippen molar-refractivity contribution in [2.24, 2.45) is 5.92 Å². The van der Waals surface area contributed by atoms with Crippen LogP contribution >= 0.6 is 0 Å². The van der Waals surface area contributed by atoms with E-state index in [0.29, 0.717) is 11.2 Å². The molecule has 0 radical (unpaired) electrons. The number of carbonyl (C=O) groups excluding carboxylic acids is 4. The van der Waals surface area contributed by atoms with Crippen LogP contribution in [0.1, 0.15) is 53.0 Å². The predicted octanol–water partition coefficient (Wildman–Crippen LogP) is 0.876. The van der Waals surface area contributed by atoms with Gasteiger partial charge in [-0.3, -0.25) is 34.3 Å². The summed E-state index contributed by atoms with van der Waals surface area (Å²) in [5.74, 6) is -3.11. The van der Waals surface area contributed by atoms with Crippen molar-refractivity contribution in [3.63, 3.8) is 0 Å². The Morgan fingerprint density at radius 1 is 1.14 bits per heavy atom. The number of aromatic amines is 1. The zero-order valence-corrected chi connectivity index (χ0v) is 17.1. The first-order valence-corrected chi connectivity index (χ1v) is 8.88. The maximum Gasteiger partial charge on any atom is 0.306 e. The van der Waals surface area contributed by atoms with Gasteiger partial charge in [-0.1, -0.05) is 13.8 Å². The molecule has 0 unspecified atom stereocenters. The van der Waals surface area contributed by atoms with E-state index in [4.69, 9.17) is 5.11 Å². The predicted molar refractivity (Wildman–Crippen MR) is 104 cm³/mol. The topological polar surface area (TPSA) is 167 Å². The van der Waals surface area contributed by atoms with Gasteiger partial charge in [0, 0.05) is 27.2 Å². The van der Waals surface area contributed by atoms with Crippen LogP contribution < -0.4 is 15.8 Å². The number of carbonyl (C=O) groups is 5. The highest BCUT2D eigenvalue weighted by molar-refractivity contribution is 6.13. The summed E-state index contributed by atoms with van der Waals surface area (Å²) in [6, 6.07) is 0. The van der Waals surface area contributed by atoms with E-state index in [0.717, 1.165) is 26.7 Å². The van der Waals surface area contributed by atoms with Crippen molar-refractivity contribution >= 4 is 41.7 Å². The van der Waals surface area contributed by atoms with Crippen molar-refractivity contribution in [2.75, 3.05) is 10.2 Å². The van der Waals surface area contributed by atoms with Crippen LogP contribution in [0.2, 0.25) is 0 Å². The van der Waals surface area contributed by atoms with E-state index >= 15 is 0 Å². The molecule has 0 spiro atoms. The third-order valence-electron chi connectivity index (χ3n) is 3.75. The first kappa shape index (κ1) is 25.6. The standard InChI is InChI=1S/C12H14N4O5.C6H12O2/c1-6(18)13-12-14-10(16(7(2)19)8(3)20)9(4-5-17)11(21)15-12;1-3-5(4-2)6(7)8/h5H,4H2,1-3H3,(H2,13,14,15,18,21);5H,3-4H2,1-2H3,(H,7,8). The van der Waals surface area contributed by atoms with E-state index in [-0.39, 0.29) is 29.7 Å². The summed E-state index contributed by atoms with van der Waals surface area (Å²) in [6.07, 6.45) is 1.61. The quantitative estimate of drug-likeness (QED) is 0.557. The van der Waals surface area contributed by atoms with Gasteiger partial charge in [-0.25, -0.2) is 4.90 Å². The Kier molecular flexibility index (Phi) is 10.7. The number of anilines is 2. The Morgan fingerprint density at radius 3 is 1.97 bits per heavy atom. The molecule has 0 aliphatic carbocycles. The highest BCUT2D eigenvalue weighted by Crippen LogP contribution is 2.17. The van der Waals surface area contributed by atoms with Gasteiger partial charge in [-0.15, -0.1) is 0 Å². The van der Waals surface area contributed by atoms with E-state index in [9.17, 15) is 28.8 Å². The average molecular weight is 410 g/mol. The van der Waals surface area contributed by atoms with Gasteiger partial charge in [0.15, 0.2) is 5.82 Å². The van der Waals surface area contributed by atoms with Gasteiger partial charge in [-0.2, -0.15) is 4.98 Å². The molecule has 11 heteroatoms. The van der Waals surface area contributed by atoms with E-state index in [1.165, 1.54) is 6.92 Å². The monoisotopic (exact) mass is 410 g/mol. The fourth-order valence-corrected chi connectivity index (χ4v) is 2.32. The van der Waals surface area contributed by atoms with Crippen molar-refractivity contribution < 1.29 is 29.1 Å². The van der Waals surface area contributed by atoms with Gasteiger partial charge in [-0.05, 0) is 12.8 Å². The highest BCUT2D eigenvalue weighted by atomic mass is 16.4. The molecule has 1 rings (SSSR count). The zero-order valence-electron chi connectivity index (χ0n) is 17.1. The Bertz CT molecular complexity index is 814. The summed E-state index contributed by atoms with van der Waals surface area (Å²) in [4.78, 5) is 73.7. The van der Waals surface area contributed by atoms with Gasteiger partial charge < -0.3 is 9.90 Å². The number of imide groups is 1. The second-order valence-electron chi connectivity index (χ2n) is 5.99. The summed E-state index contributed by atoms with van der Waals surface area (Å²) in [5.41, 5.74) is -0.854. The number of carboxylic acids is 1. The molecule has 29 heavy (non-hydrogen) atoms. The lowest BCUT2D eigenvalue weighted by atomic mass is 10.1. The zero-order chi connectivity index (χ0) is 22.7. The molecule has 0 saturated heterocycles. The van der Waals surface area contributed by atoms with Gasteiger partial charge in [0.2, 0.25) is 23.7 Å². The third kappa shape index (κ3) is 8.03. The maximum absolute atomic E-state index is 11.9. The molecule has 0 aromatic carbocycles. The molecule has 0 aliphatic rings. The number of hydrogen-bond acceptors (Lipinski definition) is 7. The van der Waals surface area contributed by atoms with Gasteiger partial charge >= 0.3 is 5.97 Å². The molecular weight excluding hydrogens is 384 g/mol. The van der Waals surface area contributed by atoms with E-state index in [1.807, 2.05) is 13.8 Å². The Morgan fingerprint density at radius 2 is 1.66 bits per heavy atom. The second-order valence-corrected chi connectivity index (χ2v) is 5.99. The van der Waals surface area contributed by atoms with Crippen molar-refractivity contribution in [3.05, 3.63) is 15.9 Å². The fourth-order valence-electron chi connectivity index (χ4n) is 2.32. The van der Waals surface area contributed by atoms with Crippen LogP contribution in [0.15, 0.2) is 4.79 Å². The molecule has 1 aromatic heterocycles. The lowest BCUT2D eigenvalue weighted by Gasteiger charge is -2.19. The Hall–Kier alpha value is -3.37. The number of H-pyrrole nitrogens is 1. The van der Waals surface area contributed by atoms with Gasteiger partial charge in [0.1, 0.15) is 6.29 Å². The number of carboxylic acid groups (broad SMARTS) is 1. The van der Waals surface area contributed by atoms with E-state index in [2.05, 4.69) is 15.3 Å².